The molecule has 1 unspecified atom stereocenters. The molecule has 0 radical (unpaired) electrons. The molecule has 27 heavy (non-hydrogen) atoms. The molecule has 4 saturated carbocycles. The van der Waals surface area contributed by atoms with Crippen LogP contribution >= 0.6 is 0 Å². The van der Waals surface area contributed by atoms with Gasteiger partial charge in [0.15, 0.2) is 6.10 Å². The third kappa shape index (κ3) is 3.87. The van der Waals surface area contributed by atoms with E-state index in [0.717, 1.165) is 24.8 Å². The van der Waals surface area contributed by atoms with Gasteiger partial charge in [0.25, 0.3) is 5.91 Å². The van der Waals surface area contributed by atoms with Crippen LogP contribution in [0.15, 0.2) is 24.3 Å². The summed E-state index contributed by atoms with van der Waals surface area (Å²) in [5.74, 6) is 1.31. The molecule has 1 atom stereocenters. The summed E-state index contributed by atoms with van der Waals surface area (Å²) in [4.78, 5) is 25.2. The van der Waals surface area contributed by atoms with Crippen molar-refractivity contribution in [3.63, 3.8) is 0 Å². The Bertz CT molecular complexity index is 679. The highest BCUT2D eigenvalue weighted by Gasteiger charge is 2.55. The molecule has 1 amide bonds. The Morgan fingerprint density at radius 3 is 2.22 bits per heavy atom. The molecule has 5 heteroatoms. The molecule has 146 valence electrons. The summed E-state index contributed by atoms with van der Waals surface area (Å²) in [5.41, 5.74) is 0.618. The SMILES string of the molecule is CC(OC(=O)C12CC3CC(CC(C3)C1)C2)C(=O)NCCc1ccc(F)cc1. The first-order valence-electron chi connectivity index (χ1n) is 10.2. The highest BCUT2D eigenvalue weighted by molar-refractivity contribution is 5.85. The first kappa shape index (κ1) is 18.5. The number of ether oxygens (including phenoxy) is 1. The van der Waals surface area contributed by atoms with Crippen molar-refractivity contribution in [1.29, 1.82) is 0 Å². The quantitative estimate of drug-likeness (QED) is 0.775. The summed E-state index contributed by atoms with van der Waals surface area (Å²) in [5, 5.41) is 2.81. The van der Waals surface area contributed by atoms with E-state index in [2.05, 4.69) is 5.32 Å². The first-order valence-corrected chi connectivity index (χ1v) is 10.2. The van der Waals surface area contributed by atoms with Crippen LogP contribution in [0.25, 0.3) is 0 Å². The molecule has 0 aliphatic heterocycles. The minimum Gasteiger partial charge on any atom is -0.452 e. The Kier molecular flexibility index (Phi) is 4.95. The molecular formula is C22H28FNO3. The topological polar surface area (TPSA) is 55.4 Å². The van der Waals surface area contributed by atoms with E-state index < -0.39 is 6.10 Å². The van der Waals surface area contributed by atoms with Crippen LogP contribution in [0, 0.1) is 29.0 Å². The molecule has 1 aromatic carbocycles. The summed E-state index contributed by atoms with van der Waals surface area (Å²) in [6.07, 6.45) is 6.47. The number of hydrogen-bond acceptors (Lipinski definition) is 3. The average Bonchev–Trinajstić information content (AvgIpc) is 2.62. The lowest BCUT2D eigenvalue weighted by Crippen LogP contribution is -2.51. The maximum Gasteiger partial charge on any atom is 0.312 e. The van der Waals surface area contributed by atoms with Gasteiger partial charge in [-0.15, -0.1) is 0 Å². The fourth-order valence-electron chi connectivity index (χ4n) is 5.82. The lowest BCUT2D eigenvalue weighted by atomic mass is 9.49. The lowest BCUT2D eigenvalue weighted by Gasteiger charge is -2.55. The Balaban J connectivity index is 1.27. The molecule has 4 aliphatic carbocycles. The second-order valence-electron chi connectivity index (χ2n) is 8.91. The Morgan fingerprint density at radius 2 is 1.67 bits per heavy atom. The Hall–Kier alpha value is -1.91. The number of esters is 1. The van der Waals surface area contributed by atoms with Crippen LogP contribution in [0.2, 0.25) is 0 Å². The molecule has 1 N–H and O–H groups in total. The van der Waals surface area contributed by atoms with Crippen molar-refractivity contribution in [2.45, 2.75) is 58.0 Å². The van der Waals surface area contributed by atoms with Gasteiger partial charge in [-0.3, -0.25) is 9.59 Å². The van der Waals surface area contributed by atoms with Gasteiger partial charge in [0.2, 0.25) is 0 Å². The third-order valence-electron chi connectivity index (χ3n) is 6.75. The number of halogens is 1. The monoisotopic (exact) mass is 373 g/mol. The molecule has 0 spiro atoms. The highest BCUT2D eigenvalue weighted by Crippen LogP contribution is 2.60. The molecule has 4 nitrogen and oxygen atoms in total. The van der Waals surface area contributed by atoms with Crippen molar-refractivity contribution in [3.05, 3.63) is 35.6 Å². The number of carbonyl (C=O) groups excluding carboxylic acids is 2. The highest BCUT2D eigenvalue weighted by atomic mass is 19.1. The fraction of sp³-hybridized carbons (Fsp3) is 0.636. The van der Waals surface area contributed by atoms with Crippen LogP contribution in [0.5, 0.6) is 0 Å². The van der Waals surface area contributed by atoms with E-state index in [0.29, 0.717) is 30.7 Å². The van der Waals surface area contributed by atoms with Crippen molar-refractivity contribution in [1.82, 2.24) is 5.32 Å². The number of rotatable bonds is 6. The average molecular weight is 373 g/mol. The standard InChI is InChI=1S/C22H28FNO3/c1-14(20(25)24-7-6-15-2-4-19(23)5-3-15)27-21(26)22-11-16-8-17(12-22)10-18(9-16)13-22/h2-5,14,16-18H,6-13H2,1H3,(H,24,25). The summed E-state index contributed by atoms with van der Waals surface area (Å²) in [6, 6.07) is 6.23. The number of carbonyl (C=O) groups is 2. The number of amides is 1. The molecule has 4 fully saturated rings. The normalized spacial score (nSPS) is 32.1. The summed E-state index contributed by atoms with van der Waals surface area (Å²) in [7, 11) is 0. The van der Waals surface area contributed by atoms with E-state index in [4.69, 9.17) is 4.74 Å². The maximum atomic E-state index is 12.9. The van der Waals surface area contributed by atoms with E-state index in [1.165, 1.54) is 31.4 Å². The van der Waals surface area contributed by atoms with Gasteiger partial charge in [-0.05, 0) is 87.3 Å². The summed E-state index contributed by atoms with van der Waals surface area (Å²) < 4.78 is 18.5. The second kappa shape index (κ2) is 7.25. The van der Waals surface area contributed by atoms with E-state index in [1.807, 2.05) is 0 Å². The van der Waals surface area contributed by atoms with Crippen molar-refractivity contribution >= 4 is 11.9 Å². The van der Waals surface area contributed by atoms with E-state index >= 15 is 0 Å². The summed E-state index contributed by atoms with van der Waals surface area (Å²) >= 11 is 0. The molecule has 0 aromatic heterocycles. The Morgan fingerprint density at radius 1 is 1.11 bits per heavy atom. The van der Waals surface area contributed by atoms with E-state index in [9.17, 15) is 14.0 Å². The molecule has 0 heterocycles. The van der Waals surface area contributed by atoms with Crippen LogP contribution in [0.1, 0.15) is 51.0 Å². The second-order valence-corrected chi connectivity index (χ2v) is 8.91. The fourth-order valence-corrected chi connectivity index (χ4v) is 5.82. The van der Waals surface area contributed by atoms with E-state index in [1.54, 1.807) is 19.1 Å². The van der Waals surface area contributed by atoms with E-state index in [-0.39, 0.29) is 23.1 Å². The van der Waals surface area contributed by atoms with Gasteiger partial charge in [-0.25, -0.2) is 4.39 Å². The van der Waals surface area contributed by atoms with Gasteiger partial charge in [-0.2, -0.15) is 0 Å². The zero-order chi connectivity index (χ0) is 19.0. The predicted molar refractivity (Wildman–Crippen MR) is 99.3 cm³/mol. The van der Waals surface area contributed by atoms with Crippen molar-refractivity contribution in [2.75, 3.05) is 6.54 Å². The van der Waals surface area contributed by atoms with Gasteiger partial charge in [0, 0.05) is 6.54 Å². The van der Waals surface area contributed by atoms with Crippen molar-refractivity contribution < 1.29 is 18.7 Å². The number of benzene rings is 1. The van der Waals surface area contributed by atoms with Gasteiger partial charge < -0.3 is 10.1 Å². The summed E-state index contributed by atoms with van der Waals surface area (Å²) in [6.45, 7) is 2.08. The van der Waals surface area contributed by atoms with Gasteiger partial charge in [0.05, 0.1) is 5.41 Å². The van der Waals surface area contributed by atoms with Crippen LogP contribution < -0.4 is 5.32 Å². The minimum atomic E-state index is -0.779. The number of hydrogen-bond donors (Lipinski definition) is 1. The van der Waals surface area contributed by atoms with Gasteiger partial charge in [0.1, 0.15) is 5.82 Å². The zero-order valence-corrected chi connectivity index (χ0v) is 15.9. The smallest absolute Gasteiger partial charge is 0.312 e. The zero-order valence-electron chi connectivity index (χ0n) is 15.9. The Labute approximate surface area is 159 Å². The lowest BCUT2D eigenvalue weighted by molar-refractivity contribution is -0.178. The number of nitrogens with one attached hydrogen (secondary N) is 1. The predicted octanol–water partition coefficient (Wildman–Crippen LogP) is 3.63. The maximum absolute atomic E-state index is 12.9. The third-order valence-corrected chi connectivity index (χ3v) is 6.75. The van der Waals surface area contributed by atoms with Crippen LogP contribution in [-0.4, -0.2) is 24.5 Å². The molecule has 1 aromatic rings. The molecule has 0 saturated heterocycles. The first-order chi connectivity index (χ1) is 12.9. The van der Waals surface area contributed by atoms with Crippen LogP contribution in [-0.2, 0) is 20.7 Å². The largest absolute Gasteiger partial charge is 0.452 e. The van der Waals surface area contributed by atoms with Crippen LogP contribution in [0.3, 0.4) is 0 Å². The van der Waals surface area contributed by atoms with Gasteiger partial charge in [-0.1, -0.05) is 12.1 Å². The molecular weight excluding hydrogens is 345 g/mol. The van der Waals surface area contributed by atoms with Crippen molar-refractivity contribution in [3.8, 4) is 0 Å². The van der Waals surface area contributed by atoms with Crippen molar-refractivity contribution in [2.24, 2.45) is 23.2 Å². The minimum absolute atomic E-state index is 0.164. The molecule has 4 bridgehead atoms. The van der Waals surface area contributed by atoms with Crippen LogP contribution in [0.4, 0.5) is 4.39 Å². The van der Waals surface area contributed by atoms with Gasteiger partial charge >= 0.3 is 5.97 Å². The molecule has 5 rings (SSSR count). The molecule has 4 aliphatic rings.